The smallest absolute Gasteiger partial charge is 0.338 e. The molecule has 156 valence electrons. The second kappa shape index (κ2) is 9.36. The Balaban J connectivity index is 2.11. The highest BCUT2D eigenvalue weighted by Crippen LogP contribution is 2.21. The molecule has 0 aliphatic heterocycles. The molecular weight excluding hydrogens is 408 g/mol. The summed E-state index contributed by atoms with van der Waals surface area (Å²) < 4.78 is 17.2. The van der Waals surface area contributed by atoms with Gasteiger partial charge in [-0.15, -0.1) is 0 Å². The maximum absolute atomic E-state index is 12.7. The molecule has 0 aliphatic carbocycles. The lowest BCUT2D eigenvalue weighted by molar-refractivity contribution is -0.141. The van der Waals surface area contributed by atoms with E-state index in [1.807, 2.05) is 0 Å². The Morgan fingerprint density at radius 2 is 1.87 bits per heavy atom. The summed E-state index contributed by atoms with van der Waals surface area (Å²) in [5.74, 6) is -0.878. The van der Waals surface area contributed by atoms with Gasteiger partial charge in [-0.25, -0.2) is 4.79 Å². The van der Waals surface area contributed by atoms with Crippen molar-refractivity contribution in [1.82, 2.24) is 4.57 Å². The molecule has 3 rings (SSSR count). The van der Waals surface area contributed by atoms with Gasteiger partial charge in [-0.2, -0.15) is 4.99 Å². The molecule has 0 radical (unpaired) electrons. The molecule has 0 unspecified atom stereocenters. The van der Waals surface area contributed by atoms with E-state index < -0.39 is 17.8 Å². The van der Waals surface area contributed by atoms with Crippen molar-refractivity contribution in [3.63, 3.8) is 0 Å². The van der Waals surface area contributed by atoms with E-state index in [1.54, 1.807) is 54.0 Å². The van der Waals surface area contributed by atoms with Gasteiger partial charge in [0.05, 0.1) is 36.6 Å². The molecule has 0 saturated heterocycles. The van der Waals surface area contributed by atoms with Crippen LogP contribution in [0, 0.1) is 0 Å². The molecule has 0 bridgehead atoms. The minimum atomic E-state index is -0.487. The third kappa shape index (κ3) is 4.57. The molecule has 1 amide bonds. The van der Waals surface area contributed by atoms with Crippen molar-refractivity contribution < 1.29 is 28.6 Å². The number of carbonyl (C=O) groups excluding carboxylic acids is 3. The molecule has 1 heterocycles. The van der Waals surface area contributed by atoms with Crippen LogP contribution in [0.2, 0.25) is 0 Å². The van der Waals surface area contributed by atoms with Gasteiger partial charge in [0.2, 0.25) is 0 Å². The van der Waals surface area contributed by atoms with E-state index in [4.69, 9.17) is 14.2 Å². The fraction of sp³-hybridized carbons (Fsp3) is 0.238. The molecule has 9 heteroatoms. The molecule has 30 heavy (non-hydrogen) atoms. The summed E-state index contributed by atoms with van der Waals surface area (Å²) in [4.78, 5) is 41.2. The summed E-state index contributed by atoms with van der Waals surface area (Å²) >= 11 is 1.19. The van der Waals surface area contributed by atoms with Crippen LogP contribution >= 0.6 is 11.3 Å². The Morgan fingerprint density at radius 1 is 1.07 bits per heavy atom. The van der Waals surface area contributed by atoms with Gasteiger partial charge in [0.1, 0.15) is 12.3 Å². The molecule has 0 aliphatic rings. The van der Waals surface area contributed by atoms with Crippen molar-refractivity contribution in [1.29, 1.82) is 0 Å². The largest absolute Gasteiger partial charge is 0.497 e. The number of esters is 2. The summed E-state index contributed by atoms with van der Waals surface area (Å²) in [6.07, 6.45) is 0. The van der Waals surface area contributed by atoms with E-state index in [-0.39, 0.29) is 13.2 Å². The second-order valence-corrected chi connectivity index (χ2v) is 7.11. The zero-order chi connectivity index (χ0) is 21.7. The number of hydrogen-bond acceptors (Lipinski definition) is 7. The number of methoxy groups -OCH3 is 2. The lowest BCUT2D eigenvalue weighted by Crippen LogP contribution is -2.22. The third-order valence-electron chi connectivity index (χ3n) is 4.22. The quantitative estimate of drug-likeness (QED) is 0.560. The summed E-state index contributed by atoms with van der Waals surface area (Å²) in [5, 5.41) is 0. The zero-order valence-electron chi connectivity index (χ0n) is 16.7. The van der Waals surface area contributed by atoms with E-state index in [2.05, 4.69) is 4.99 Å². The number of ether oxygens (including phenoxy) is 3. The predicted molar refractivity (Wildman–Crippen MR) is 111 cm³/mol. The first-order chi connectivity index (χ1) is 14.5. The van der Waals surface area contributed by atoms with Crippen LogP contribution in [-0.2, 0) is 20.8 Å². The Bertz CT molecular complexity index is 1180. The highest BCUT2D eigenvalue weighted by atomic mass is 32.1. The van der Waals surface area contributed by atoms with E-state index in [9.17, 15) is 14.4 Å². The summed E-state index contributed by atoms with van der Waals surface area (Å²) in [6, 6.07) is 11.6. The normalized spacial score (nSPS) is 11.4. The van der Waals surface area contributed by atoms with Gasteiger partial charge in [-0.1, -0.05) is 17.4 Å². The van der Waals surface area contributed by atoms with Gasteiger partial charge in [-0.3, -0.25) is 9.59 Å². The fourth-order valence-electron chi connectivity index (χ4n) is 2.75. The molecule has 0 fully saturated rings. The average Bonchev–Trinajstić information content (AvgIpc) is 3.09. The number of carbonyl (C=O) groups is 3. The molecule has 2 aromatic carbocycles. The van der Waals surface area contributed by atoms with Crippen molar-refractivity contribution in [2.24, 2.45) is 4.99 Å². The SMILES string of the molecule is CCOC(=O)c1ccc2c(c1)sc(=NC(=O)c1cccc(OC)c1)n2CC(=O)OC. The number of nitrogens with zero attached hydrogens (tertiary/aromatic N) is 2. The van der Waals surface area contributed by atoms with Crippen molar-refractivity contribution in [2.75, 3.05) is 20.8 Å². The van der Waals surface area contributed by atoms with Crippen LogP contribution < -0.4 is 9.54 Å². The van der Waals surface area contributed by atoms with Gasteiger partial charge < -0.3 is 18.8 Å². The van der Waals surface area contributed by atoms with Gasteiger partial charge in [0.15, 0.2) is 4.80 Å². The van der Waals surface area contributed by atoms with E-state index >= 15 is 0 Å². The van der Waals surface area contributed by atoms with E-state index in [0.717, 1.165) is 0 Å². The third-order valence-corrected chi connectivity index (χ3v) is 5.26. The standard InChI is InChI=1S/C21H20N2O6S/c1-4-29-20(26)14-8-9-16-17(11-14)30-21(23(16)12-18(24)28-3)22-19(25)13-6-5-7-15(10-13)27-2/h5-11H,4,12H2,1-3H3. The van der Waals surface area contributed by atoms with Crippen LogP contribution in [0.5, 0.6) is 5.75 Å². The van der Waals surface area contributed by atoms with Gasteiger partial charge in [0.25, 0.3) is 5.91 Å². The number of amides is 1. The maximum Gasteiger partial charge on any atom is 0.338 e. The van der Waals surface area contributed by atoms with Gasteiger partial charge in [0, 0.05) is 5.56 Å². The number of benzene rings is 2. The zero-order valence-corrected chi connectivity index (χ0v) is 17.5. The Hall–Kier alpha value is -3.46. The monoisotopic (exact) mass is 428 g/mol. The van der Waals surface area contributed by atoms with Gasteiger partial charge in [-0.05, 0) is 43.3 Å². The van der Waals surface area contributed by atoms with E-state index in [1.165, 1.54) is 25.6 Å². The van der Waals surface area contributed by atoms with Crippen LogP contribution in [0.4, 0.5) is 0 Å². The first-order valence-corrected chi connectivity index (χ1v) is 9.89. The van der Waals surface area contributed by atoms with Crippen LogP contribution in [0.3, 0.4) is 0 Å². The highest BCUT2D eigenvalue weighted by molar-refractivity contribution is 7.16. The van der Waals surface area contributed by atoms with Crippen molar-refractivity contribution >= 4 is 39.4 Å². The van der Waals surface area contributed by atoms with Crippen molar-refractivity contribution in [2.45, 2.75) is 13.5 Å². The van der Waals surface area contributed by atoms with Crippen LogP contribution in [-0.4, -0.2) is 43.2 Å². The molecule has 8 nitrogen and oxygen atoms in total. The number of aromatic nitrogens is 1. The van der Waals surface area contributed by atoms with Crippen molar-refractivity contribution in [3.05, 3.63) is 58.4 Å². The summed E-state index contributed by atoms with van der Waals surface area (Å²) in [5.41, 5.74) is 1.38. The van der Waals surface area contributed by atoms with E-state index in [0.29, 0.717) is 31.9 Å². The molecular formula is C21H20N2O6S. The molecule has 0 N–H and O–H groups in total. The van der Waals surface area contributed by atoms with Crippen LogP contribution in [0.15, 0.2) is 47.5 Å². The molecule has 0 spiro atoms. The lowest BCUT2D eigenvalue weighted by atomic mass is 10.2. The fourth-order valence-corrected chi connectivity index (χ4v) is 3.82. The molecule has 0 atom stereocenters. The molecule has 0 saturated carbocycles. The predicted octanol–water partition coefficient (Wildman–Crippen LogP) is 2.80. The number of hydrogen-bond donors (Lipinski definition) is 0. The number of rotatable bonds is 6. The Kier molecular flexibility index (Phi) is 6.63. The van der Waals surface area contributed by atoms with Crippen molar-refractivity contribution in [3.8, 4) is 5.75 Å². The Labute approximate surface area is 176 Å². The highest BCUT2D eigenvalue weighted by Gasteiger charge is 2.15. The van der Waals surface area contributed by atoms with Gasteiger partial charge >= 0.3 is 11.9 Å². The summed E-state index contributed by atoms with van der Waals surface area (Å²) in [6.45, 7) is 1.87. The number of thiazole rings is 1. The topological polar surface area (TPSA) is 96.2 Å². The van der Waals surface area contributed by atoms with Crippen LogP contribution in [0.1, 0.15) is 27.6 Å². The molecule has 1 aromatic heterocycles. The minimum absolute atomic E-state index is 0.126. The molecule has 3 aromatic rings. The summed E-state index contributed by atoms with van der Waals surface area (Å²) in [7, 11) is 2.80. The Morgan fingerprint density at radius 3 is 2.57 bits per heavy atom. The van der Waals surface area contributed by atoms with Crippen LogP contribution in [0.25, 0.3) is 10.2 Å². The average molecular weight is 428 g/mol. The number of fused-ring (bicyclic) bond motifs is 1. The first kappa shape index (κ1) is 21.3. The first-order valence-electron chi connectivity index (χ1n) is 9.07. The second-order valence-electron chi connectivity index (χ2n) is 6.10. The minimum Gasteiger partial charge on any atom is -0.497 e. The maximum atomic E-state index is 12.7. The lowest BCUT2D eigenvalue weighted by Gasteiger charge is -2.05.